The van der Waals surface area contributed by atoms with E-state index < -0.39 is 0 Å². The number of nitrogens with two attached hydrogens (primary N) is 1. The van der Waals surface area contributed by atoms with Crippen molar-refractivity contribution in [2.45, 2.75) is 39.5 Å². The highest BCUT2D eigenvalue weighted by atomic mass is 35.5. The van der Waals surface area contributed by atoms with Crippen LogP contribution in [0.25, 0.3) is 0 Å². The third-order valence-electron chi connectivity index (χ3n) is 3.13. The van der Waals surface area contributed by atoms with Gasteiger partial charge >= 0.3 is 0 Å². The number of nitrogens with zero attached hydrogens (tertiary/aromatic N) is 1. The molecule has 0 aliphatic carbocycles. The van der Waals surface area contributed by atoms with Crippen molar-refractivity contribution in [2.75, 3.05) is 18.0 Å². The second-order valence-electron chi connectivity index (χ2n) is 4.72. The number of hydrogen-bond acceptors (Lipinski definition) is 2. The molecule has 0 unspecified atom stereocenters. The second kappa shape index (κ2) is 8.39. The van der Waals surface area contributed by atoms with Gasteiger partial charge in [-0.25, -0.2) is 0 Å². The maximum Gasteiger partial charge on any atom is 0.106 e. The minimum atomic E-state index is 0.435. The monoisotopic (exact) mass is 298 g/mol. The van der Waals surface area contributed by atoms with E-state index in [0.29, 0.717) is 4.99 Å². The van der Waals surface area contributed by atoms with E-state index in [1.807, 2.05) is 18.2 Å². The van der Waals surface area contributed by atoms with Gasteiger partial charge in [0.2, 0.25) is 0 Å². The predicted octanol–water partition coefficient (Wildman–Crippen LogP) is 4.38. The Labute approximate surface area is 126 Å². The van der Waals surface area contributed by atoms with Gasteiger partial charge in [-0.2, -0.15) is 0 Å². The molecular formula is C15H23ClN2S. The Balaban J connectivity index is 3.03. The van der Waals surface area contributed by atoms with Crippen LogP contribution in [-0.4, -0.2) is 18.1 Å². The first-order valence-electron chi connectivity index (χ1n) is 6.94. The minimum Gasteiger partial charge on any atom is -0.389 e. The molecule has 0 bridgehead atoms. The third kappa shape index (κ3) is 5.00. The number of unbranched alkanes of at least 4 members (excludes halogenated alkanes) is 2. The molecule has 4 heteroatoms. The number of hydrogen-bond donors (Lipinski definition) is 1. The summed E-state index contributed by atoms with van der Waals surface area (Å²) in [6, 6.07) is 5.74. The van der Waals surface area contributed by atoms with E-state index in [9.17, 15) is 0 Å². The summed E-state index contributed by atoms with van der Waals surface area (Å²) in [5, 5.41) is 0.730. The van der Waals surface area contributed by atoms with Gasteiger partial charge in [-0.05, 0) is 31.0 Å². The SMILES string of the molecule is CCCCN(CCCC)c1cc(Cl)ccc1C(N)=S. The van der Waals surface area contributed by atoms with Crippen molar-refractivity contribution >= 4 is 34.5 Å². The van der Waals surface area contributed by atoms with E-state index in [2.05, 4.69) is 18.7 Å². The molecule has 0 aromatic heterocycles. The normalized spacial score (nSPS) is 10.5. The molecule has 0 spiro atoms. The summed E-state index contributed by atoms with van der Waals surface area (Å²) in [6.45, 7) is 6.44. The van der Waals surface area contributed by atoms with Crippen molar-refractivity contribution in [3.8, 4) is 0 Å². The van der Waals surface area contributed by atoms with Crippen molar-refractivity contribution in [3.63, 3.8) is 0 Å². The lowest BCUT2D eigenvalue weighted by Gasteiger charge is -2.27. The fraction of sp³-hybridized carbons (Fsp3) is 0.533. The molecule has 0 radical (unpaired) electrons. The summed E-state index contributed by atoms with van der Waals surface area (Å²) in [6.07, 6.45) is 4.66. The molecule has 0 aliphatic rings. The van der Waals surface area contributed by atoms with Crippen LogP contribution in [0.1, 0.15) is 45.1 Å². The average Bonchev–Trinajstić information content (AvgIpc) is 2.38. The fourth-order valence-electron chi connectivity index (χ4n) is 2.03. The number of anilines is 1. The Bertz CT molecular complexity index is 413. The van der Waals surface area contributed by atoms with E-state index >= 15 is 0 Å². The lowest BCUT2D eigenvalue weighted by Crippen LogP contribution is -2.28. The fourth-order valence-corrected chi connectivity index (χ4v) is 2.36. The summed E-state index contributed by atoms with van der Waals surface area (Å²) in [5.74, 6) is 0. The van der Waals surface area contributed by atoms with Crippen LogP contribution in [0.2, 0.25) is 5.02 Å². The quantitative estimate of drug-likeness (QED) is 0.722. The van der Waals surface area contributed by atoms with Crippen molar-refractivity contribution in [3.05, 3.63) is 28.8 Å². The summed E-state index contributed by atoms with van der Waals surface area (Å²) in [4.78, 5) is 2.79. The Kier molecular flexibility index (Phi) is 7.17. The van der Waals surface area contributed by atoms with Crippen LogP contribution in [0.4, 0.5) is 5.69 Å². The third-order valence-corrected chi connectivity index (χ3v) is 3.58. The molecule has 0 saturated heterocycles. The minimum absolute atomic E-state index is 0.435. The van der Waals surface area contributed by atoms with E-state index in [4.69, 9.17) is 29.6 Å². The number of rotatable bonds is 8. The smallest absolute Gasteiger partial charge is 0.106 e. The molecule has 0 amide bonds. The number of benzene rings is 1. The Hall–Kier alpha value is -0.800. The van der Waals surface area contributed by atoms with Gasteiger partial charge in [-0.1, -0.05) is 50.5 Å². The van der Waals surface area contributed by atoms with E-state index in [-0.39, 0.29) is 0 Å². The molecule has 0 saturated carbocycles. The largest absolute Gasteiger partial charge is 0.389 e. The molecule has 0 atom stereocenters. The molecule has 2 nitrogen and oxygen atoms in total. The van der Waals surface area contributed by atoms with Gasteiger partial charge in [-0.3, -0.25) is 0 Å². The first kappa shape index (κ1) is 16.3. The first-order chi connectivity index (χ1) is 9.10. The molecular weight excluding hydrogens is 276 g/mol. The standard InChI is InChI=1S/C15H23ClN2S/c1-3-5-9-18(10-6-4-2)14-11-12(16)7-8-13(14)15(17)19/h7-8,11H,3-6,9-10H2,1-2H3,(H2,17,19). The zero-order valence-electron chi connectivity index (χ0n) is 11.8. The van der Waals surface area contributed by atoms with Crippen molar-refractivity contribution < 1.29 is 0 Å². The number of thiocarbonyl (C=S) groups is 1. The van der Waals surface area contributed by atoms with Gasteiger partial charge in [-0.15, -0.1) is 0 Å². The zero-order chi connectivity index (χ0) is 14.3. The van der Waals surface area contributed by atoms with Gasteiger partial charge in [0.1, 0.15) is 4.99 Å². The van der Waals surface area contributed by atoms with Crippen LogP contribution >= 0.6 is 23.8 Å². The van der Waals surface area contributed by atoms with Gasteiger partial charge in [0.05, 0.1) is 0 Å². The maximum atomic E-state index is 6.12. The van der Waals surface area contributed by atoms with Gasteiger partial charge in [0.15, 0.2) is 0 Å². The predicted molar refractivity (Wildman–Crippen MR) is 89.4 cm³/mol. The molecule has 0 fully saturated rings. The molecule has 19 heavy (non-hydrogen) atoms. The topological polar surface area (TPSA) is 29.3 Å². The molecule has 0 heterocycles. The highest BCUT2D eigenvalue weighted by Crippen LogP contribution is 2.26. The van der Waals surface area contributed by atoms with Crippen LogP contribution < -0.4 is 10.6 Å². The van der Waals surface area contributed by atoms with Crippen LogP contribution in [0.5, 0.6) is 0 Å². The van der Waals surface area contributed by atoms with Crippen LogP contribution in [0, 0.1) is 0 Å². The zero-order valence-corrected chi connectivity index (χ0v) is 13.4. The number of halogens is 1. The van der Waals surface area contributed by atoms with Crippen molar-refractivity contribution in [2.24, 2.45) is 5.73 Å². The summed E-state index contributed by atoms with van der Waals surface area (Å²) >= 11 is 11.3. The lowest BCUT2D eigenvalue weighted by molar-refractivity contribution is 0.678. The first-order valence-corrected chi connectivity index (χ1v) is 7.73. The van der Waals surface area contributed by atoms with Gasteiger partial charge in [0.25, 0.3) is 0 Å². The van der Waals surface area contributed by atoms with Crippen molar-refractivity contribution in [1.29, 1.82) is 0 Å². The van der Waals surface area contributed by atoms with Crippen LogP contribution in [0.3, 0.4) is 0 Å². The molecule has 106 valence electrons. The van der Waals surface area contributed by atoms with E-state index in [1.54, 1.807) is 0 Å². The van der Waals surface area contributed by atoms with Gasteiger partial charge < -0.3 is 10.6 Å². The molecule has 2 N–H and O–H groups in total. The molecule has 1 rings (SSSR count). The second-order valence-corrected chi connectivity index (χ2v) is 5.60. The lowest BCUT2D eigenvalue weighted by atomic mass is 10.1. The Morgan fingerprint density at radius 3 is 2.26 bits per heavy atom. The highest BCUT2D eigenvalue weighted by molar-refractivity contribution is 7.80. The highest BCUT2D eigenvalue weighted by Gasteiger charge is 2.13. The molecule has 1 aromatic carbocycles. The summed E-state index contributed by atoms with van der Waals surface area (Å²) in [5.41, 5.74) is 7.82. The van der Waals surface area contributed by atoms with E-state index in [0.717, 1.165) is 42.2 Å². The summed E-state index contributed by atoms with van der Waals surface area (Å²) in [7, 11) is 0. The van der Waals surface area contributed by atoms with Crippen LogP contribution in [-0.2, 0) is 0 Å². The summed E-state index contributed by atoms with van der Waals surface area (Å²) < 4.78 is 0. The Morgan fingerprint density at radius 1 is 1.21 bits per heavy atom. The Morgan fingerprint density at radius 2 is 1.79 bits per heavy atom. The average molecular weight is 299 g/mol. The van der Waals surface area contributed by atoms with Crippen LogP contribution in [0.15, 0.2) is 18.2 Å². The molecule has 1 aromatic rings. The molecule has 0 aliphatic heterocycles. The van der Waals surface area contributed by atoms with E-state index in [1.165, 1.54) is 12.8 Å². The van der Waals surface area contributed by atoms with Crippen molar-refractivity contribution in [1.82, 2.24) is 0 Å². The maximum absolute atomic E-state index is 6.12. The van der Waals surface area contributed by atoms with Gasteiger partial charge in [0, 0.05) is 29.4 Å².